The molecule has 1 fully saturated rings. The van der Waals surface area contributed by atoms with Gasteiger partial charge >= 0.3 is 11.8 Å². The zero-order valence-corrected chi connectivity index (χ0v) is 19.7. The van der Waals surface area contributed by atoms with E-state index in [9.17, 15) is 14.0 Å². The van der Waals surface area contributed by atoms with E-state index in [-0.39, 0.29) is 23.3 Å². The Hall–Kier alpha value is -3.04. The minimum absolute atomic E-state index is 0.0366. The van der Waals surface area contributed by atoms with E-state index in [0.29, 0.717) is 19.4 Å². The Labute approximate surface area is 195 Å². The van der Waals surface area contributed by atoms with Crippen molar-refractivity contribution in [2.24, 2.45) is 10.2 Å². The minimum Gasteiger partial charge on any atom is -0.345 e. The first-order valence-corrected chi connectivity index (χ1v) is 10.7. The van der Waals surface area contributed by atoms with Gasteiger partial charge in [0.25, 0.3) is 0 Å². The largest absolute Gasteiger partial charge is 0.345 e. The molecule has 0 bridgehead atoms. The number of amides is 2. The average molecular weight is 480 g/mol. The zero-order chi connectivity index (χ0) is 24.8. The lowest BCUT2D eigenvalue weighted by Crippen LogP contribution is -2.65. The highest BCUT2D eigenvalue weighted by atomic mass is 35.5. The van der Waals surface area contributed by atoms with E-state index < -0.39 is 34.8 Å². The van der Waals surface area contributed by atoms with Crippen LogP contribution >= 0.6 is 11.6 Å². The van der Waals surface area contributed by atoms with E-state index in [2.05, 4.69) is 35.6 Å². The van der Waals surface area contributed by atoms with Crippen molar-refractivity contribution in [1.29, 1.82) is 0 Å². The van der Waals surface area contributed by atoms with Crippen LogP contribution in [0.25, 0.3) is 20.9 Å². The predicted molar refractivity (Wildman–Crippen MR) is 123 cm³/mol. The van der Waals surface area contributed by atoms with Gasteiger partial charge in [0.15, 0.2) is 0 Å². The maximum atomic E-state index is 13.6. The first kappa shape index (κ1) is 26.2. The van der Waals surface area contributed by atoms with Crippen molar-refractivity contribution in [2.75, 3.05) is 18.4 Å². The molecule has 0 aromatic heterocycles. The topological polar surface area (TPSA) is 159 Å². The molecule has 1 aromatic rings. The maximum absolute atomic E-state index is 13.6. The smallest absolute Gasteiger partial charge is 0.313 e. The van der Waals surface area contributed by atoms with Crippen molar-refractivity contribution in [3.05, 3.63) is 49.9 Å². The normalized spacial score (nSPS) is 18.4. The highest BCUT2D eigenvalue weighted by Gasteiger charge is 2.46. The van der Waals surface area contributed by atoms with Crippen LogP contribution in [0.5, 0.6) is 0 Å². The Kier molecular flexibility index (Phi) is 8.51. The fourth-order valence-electron chi connectivity index (χ4n) is 4.47. The summed E-state index contributed by atoms with van der Waals surface area (Å²) in [5.74, 6) is -2.44. The van der Waals surface area contributed by atoms with Crippen molar-refractivity contribution < 1.29 is 14.0 Å². The van der Waals surface area contributed by atoms with Gasteiger partial charge in [0.05, 0.1) is 11.1 Å². The molecule has 178 valence electrons. The molecular formula is C20H27ClFN9O2. The quantitative estimate of drug-likeness (QED) is 0.254. The number of anilines is 1. The highest BCUT2D eigenvalue weighted by Crippen LogP contribution is 2.38. The third kappa shape index (κ3) is 6.97. The van der Waals surface area contributed by atoms with Crippen molar-refractivity contribution in [3.8, 4) is 0 Å². The summed E-state index contributed by atoms with van der Waals surface area (Å²) in [6.07, 6.45) is 1.05. The molecule has 2 N–H and O–H groups in total. The van der Waals surface area contributed by atoms with Gasteiger partial charge < -0.3 is 10.6 Å². The Morgan fingerprint density at radius 2 is 1.85 bits per heavy atom. The molecule has 0 radical (unpaired) electrons. The van der Waals surface area contributed by atoms with E-state index >= 15 is 0 Å². The molecule has 11 nitrogen and oxygen atoms in total. The number of benzene rings is 1. The van der Waals surface area contributed by atoms with Gasteiger partial charge in [-0.25, -0.2) is 4.39 Å². The predicted octanol–water partition coefficient (Wildman–Crippen LogP) is 4.54. The van der Waals surface area contributed by atoms with Crippen molar-refractivity contribution in [1.82, 2.24) is 10.2 Å². The summed E-state index contributed by atoms with van der Waals surface area (Å²) in [5, 5.41) is 12.3. The summed E-state index contributed by atoms with van der Waals surface area (Å²) in [6.45, 7) is 8.37. The zero-order valence-electron chi connectivity index (χ0n) is 18.9. The Morgan fingerprint density at radius 1 is 1.21 bits per heavy atom. The molecule has 1 saturated heterocycles. The fourth-order valence-corrected chi connectivity index (χ4v) is 4.59. The number of piperidine rings is 1. The molecule has 0 aliphatic carbocycles. The molecule has 0 saturated carbocycles. The van der Waals surface area contributed by atoms with Gasteiger partial charge in [-0.05, 0) is 69.8 Å². The lowest BCUT2D eigenvalue weighted by Gasteiger charge is -2.56. The SMILES string of the molecule is CC1(C)CC(NC(=O)C(=O)Nc2ccc(Cl)c(F)c2)CC(C)(C)N1CC(CN=[N+]=[N-])N=[N+]=[N-]. The minimum atomic E-state index is -0.910. The summed E-state index contributed by atoms with van der Waals surface area (Å²) in [4.78, 5) is 32.5. The molecule has 2 amide bonds. The van der Waals surface area contributed by atoms with Crippen LogP contribution in [0.3, 0.4) is 0 Å². The lowest BCUT2D eigenvalue weighted by molar-refractivity contribution is -0.137. The number of rotatable bonds is 7. The Morgan fingerprint density at radius 3 is 2.39 bits per heavy atom. The molecule has 1 aliphatic rings. The fraction of sp³-hybridized carbons (Fsp3) is 0.600. The molecule has 1 heterocycles. The second kappa shape index (κ2) is 10.7. The number of hydrogen-bond acceptors (Lipinski definition) is 5. The lowest BCUT2D eigenvalue weighted by atomic mass is 9.76. The summed E-state index contributed by atoms with van der Waals surface area (Å²) in [7, 11) is 0. The number of nitrogens with one attached hydrogen (secondary N) is 2. The molecule has 0 spiro atoms. The summed E-state index contributed by atoms with van der Waals surface area (Å²) < 4.78 is 13.6. The number of likely N-dealkylation sites (tertiary alicyclic amines) is 1. The van der Waals surface area contributed by atoms with Gasteiger partial charge in [-0.15, -0.1) is 0 Å². The molecule has 1 unspecified atom stereocenters. The average Bonchev–Trinajstić information content (AvgIpc) is 2.70. The second-order valence-electron chi connectivity index (χ2n) is 9.17. The Balaban J connectivity index is 2.08. The van der Waals surface area contributed by atoms with Gasteiger partial charge in [0.2, 0.25) is 0 Å². The van der Waals surface area contributed by atoms with Crippen LogP contribution in [0.4, 0.5) is 10.1 Å². The molecule has 33 heavy (non-hydrogen) atoms. The van der Waals surface area contributed by atoms with Crippen LogP contribution in [0.1, 0.15) is 40.5 Å². The Bertz CT molecular complexity index is 985. The van der Waals surface area contributed by atoms with Crippen LogP contribution < -0.4 is 10.6 Å². The highest BCUT2D eigenvalue weighted by molar-refractivity contribution is 6.39. The molecule has 1 aromatic carbocycles. The third-order valence-electron chi connectivity index (χ3n) is 5.64. The van der Waals surface area contributed by atoms with Crippen molar-refractivity contribution in [2.45, 2.75) is 63.7 Å². The van der Waals surface area contributed by atoms with E-state index in [1.807, 2.05) is 27.7 Å². The van der Waals surface area contributed by atoms with E-state index in [1.165, 1.54) is 12.1 Å². The summed E-state index contributed by atoms with van der Waals surface area (Å²) >= 11 is 5.63. The molecule has 2 rings (SSSR count). The van der Waals surface area contributed by atoms with Gasteiger partial charge in [0.1, 0.15) is 5.82 Å². The first-order valence-electron chi connectivity index (χ1n) is 10.3. The number of nitrogens with zero attached hydrogens (tertiary/aromatic N) is 7. The maximum Gasteiger partial charge on any atom is 0.313 e. The molecule has 1 aliphatic heterocycles. The van der Waals surface area contributed by atoms with Crippen LogP contribution in [-0.2, 0) is 9.59 Å². The number of halogens is 2. The van der Waals surface area contributed by atoms with Gasteiger partial charge in [0, 0.05) is 45.7 Å². The first-order chi connectivity index (χ1) is 15.4. The number of carbonyl (C=O) groups excluding carboxylic acids is 2. The van der Waals surface area contributed by atoms with Gasteiger partial charge in [-0.1, -0.05) is 21.8 Å². The van der Waals surface area contributed by atoms with E-state index in [4.69, 9.17) is 22.7 Å². The summed E-state index contributed by atoms with van der Waals surface area (Å²) in [5.41, 5.74) is 16.7. The third-order valence-corrected chi connectivity index (χ3v) is 5.94. The van der Waals surface area contributed by atoms with Crippen LogP contribution in [0.2, 0.25) is 5.02 Å². The van der Waals surface area contributed by atoms with Crippen molar-refractivity contribution in [3.63, 3.8) is 0 Å². The number of carbonyl (C=O) groups is 2. The van der Waals surface area contributed by atoms with Crippen LogP contribution in [-0.4, -0.2) is 53.0 Å². The van der Waals surface area contributed by atoms with Crippen LogP contribution in [0.15, 0.2) is 28.4 Å². The molecule has 1 atom stereocenters. The molecule has 13 heteroatoms. The van der Waals surface area contributed by atoms with E-state index in [0.717, 1.165) is 6.07 Å². The number of azide groups is 2. The van der Waals surface area contributed by atoms with Gasteiger partial charge in [-0.2, -0.15) is 0 Å². The second-order valence-corrected chi connectivity index (χ2v) is 9.58. The van der Waals surface area contributed by atoms with Crippen molar-refractivity contribution >= 4 is 29.1 Å². The standard InChI is InChI=1S/C20H27ClFN9O2/c1-19(2)8-13(9-20(3,4)31(19)11-14(28-30-24)10-25-29-23)27-18(33)17(32)26-12-5-6-15(21)16(22)7-12/h5-7,13-14H,8-11H2,1-4H3,(H,26,32)(H,27,33). The monoisotopic (exact) mass is 479 g/mol. The van der Waals surface area contributed by atoms with Crippen LogP contribution in [0, 0.1) is 5.82 Å². The number of hydrogen-bond donors (Lipinski definition) is 2. The summed E-state index contributed by atoms with van der Waals surface area (Å²) in [6, 6.07) is 2.88. The van der Waals surface area contributed by atoms with Gasteiger partial charge in [-0.3, -0.25) is 14.5 Å². The van der Waals surface area contributed by atoms with E-state index in [1.54, 1.807) is 0 Å². The molecular weight excluding hydrogens is 453 g/mol.